The van der Waals surface area contributed by atoms with Gasteiger partial charge in [0.2, 0.25) is 0 Å². The number of hydrogen-bond acceptors (Lipinski definition) is 7. The highest BCUT2D eigenvalue weighted by Crippen LogP contribution is 2.26. The van der Waals surface area contributed by atoms with Gasteiger partial charge in [-0.25, -0.2) is 9.78 Å². The Balaban J connectivity index is 1.49. The van der Waals surface area contributed by atoms with Crippen molar-refractivity contribution in [3.8, 4) is 0 Å². The predicted octanol–water partition coefficient (Wildman–Crippen LogP) is 1.87. The van der Waals surface area contributed by atoms with E-state index in [1.807, 2.05) is 11.4 Å². The quantitative estimate of drug-likeness (QED) is 0.815. The molecule has 0 radical (unpaired) electrons. The monoisotopic (exact) mass is 375 g/mol. The van der Waals surface area contributed by atoms with Crippen LogP contribution in [0.2, 0.25) is 0 Å². The van der Waals surface area contributed by atoms with Gasteiger partial charge in [0.05, 0.1) is 6.61 Å². The molecule has 4 rings (SSSR count). The molecular weight excluding hydrogens is 354 g/mol. The summed E-state index contributed by atoms with van der Waals surface area (Å²) in [4.78, 5) is 33.5. The van der Waals surface area contributed by atoms with Crippen LogP contribution in [0.25, 0.3) is 0 Å². The highest BCUT2D eigenvalue weighted by molar-refractivity contribution is 7.13. The van der Waals surface area contributed by atoms with E-state index in [9.17, 15) is 9.59 Å². The van der Waals surface area contributed by atoms with Crippen molar-refractivity contribution >= 4 is 22.4 Å². The first-order chi connectivity index (χ1) is 12.6. The molecule has 2 aliphatic heterocycles. The summed E-state index contributed by atoms with van der Waals surface area (Å²) in [6.45, 7) is 5.59. The molecule has 1 atom stereocenters. The van der Waals surface area contributed by atoms with Crippen molar-refractivity contribution in [1.82, 2.24) is 9.88 Å². The zero-order chi connectivity index (χ0) is 18.1. The van der Waals surface area contributed by atoms with Crippen LogP contribution in [0.1, 0.15) is 34.0 Å². The third-order valence-corrected chi connectivity index (χ3v) is 5.80. The largest absolute Gasteiger partial charge is 0.427 e. The summed E-state index contributed by atoms with van der Waals surface area (Å²) >= 11 is 1.59. The van der Waals surface area contributed by atoms with Gasteiger partial charge in [-0.05, 0) is 25.0 Å². The Bertz CT molecular complexity index is 835. The van der Waals surface area contributed by atoms with E-state index >= 15 is 0 Å². The number of piperazine rings is 1. The molecule has 4 heterocycles. The zero-order valence-electron chi connectivity index (χ0n) is 14.6. The van der Waals surface area contributed by atoms with Gasteiger partial charge in [0.25, 0.3) is 5.91 Å². The SMILES string of the molecule is Cc1cc(C2CCOC2)oc(=O)c1C(=O)N1CCN(c2nccs2)CC1. The van der Waals surface area contributed by atoms with E-state index in [-0.39, 0.29) is 17.4 Å². The van der Waals surface area contributed by atoms with Crippen LogP contribution in [-0.4, -0.2) is 55.2 Å². The Morgan fingerprint density at radius 2 is 2.12 bits per heavy atom. The van der Waals surface area contributed by atoms with Gasteiger partial charge in [0.1, 0.15) is 11.3 Å². The third-order valence-electron chi connectivity index (χ3n) is 4.97. The molecule has 2 fully saturated rings. The molecule has 1 unspecified atom stereocenters. The molecule has 0 bridgehead atoms. The molecule has 0 aromatic carbocycles. The first-order valence-corrected chi connectivity index (χ1v) is 9.67. The summed E-state index contributed by atoms with van der Waals surface area (Å²) < 4.78 is 10.8. The maximum Gasteiger partial charge on any atom is 0.349 e. The van der Waals surface area contributed by atoms with E-state index in [1.54, 1.807) is 29.4 Å². The van der Waals surface area contributed by atoms with Crippen LogP contribution < -0.4 is 10.5 Å². The minimum Gasteiger partial charge on any atom is -0.427 e. The second kappa shape index (κ2) is 7.20. The Morgan fingerprint density at radius 1 is 1.31 bits per heavy atom. The van der Waals surface area contributed by atoms with Crippen molar-refractivity contribution < 1.29 is 13.9 Å². The fourth-order valence-corrected chi connectivity index (χ4v) is 4.18. The molecule has 2 saturated heterocycles. The van der Waals surface area contributed by atoms with Crippen molar-refractivity contribution in [3.05, 3.63) is 45.0 Å². The lowest BCUT2D eigenvalue weighted by Crippen LogP contribution is -2.49. The molecule has 2 aromatic heterocycles. The number of amides is 1. The topological polar surface area (TPSA) is 75.9 Å². The van der Waals surface area contributed by atoms with E-state index in [2.05, 4.69) is 9.88 Å². The number of nitrogens with zero attached hydrogens (tertiary/aromatic N) is 3. The first kappa shape index (κ1) is 17.2. The van der Waals surface area contributed by atoms with Gasteiger partial charge in [-0.3, -0.25) is 4.79 Å². The van der Waals surface area contributed by atoms with Gasteiger partial charge >= 0.3 is 5.63 Å². The van der Waals surface area contributed by atoms with Gasteiger partial charge in [-0.1, -0.05) is 0 Å². The highest BCUT2D eigenvalue weighted by Gasteiger charge is 2.28. The molecule has 2 aromatic rings. The molecule has 26 heavy (non-hydrogen) atoms. The van der Waals surface area contributed by atoms with Gasteiger partial charge in [-0.2, -0.15) is 0 Å². The van der Waals surface area contributed by atoms with Crippen molar-refractivity contribution in [2.45, 2.75) is 19.3 Å². The number of anilines is 1. The summed E-state index contributed by atoms with van der Waals surface area (Å²) in [5.74, 6) is 0.479. The zero-order valence-corrected chi connectivity index (χ0v) is 15.5. The van der Waals surface area contributed by atoms with Crippen LogP contribution in [0.3, 0.4) is 0 Å². The molecule has 8 heteroatoms. The molecule has 2 aliphatic rings. The molecule has 138 valence electrons. The predicted molar refractivity (Wildman–Crippen MR) is 98.1 cm³/mol. The van der Waals surface area contributed by atoms with Crippen molar-refractivity contribution in [2.75, 3.05) is 44.3 Å². The van der Waals surface area contributed by atoms with Gasteiger partial charge in [-0.15, -0.1) is 11.3 Å². The standard InChI is InChI=1S/C18H21N3O4S/c1-12-10-14(13-2-8-24-11-13)25-17(23)15(12)16(22)20-4-6-21(7-5-20)18-19-3-9-26-18/h3,9-10,13H,2,4-8,11H2,1H3. The summed E-state index contributed by atoms with van der Waals surface area (Å²) in [5, 5.41) is 2.91. The molecule has 0 N–H and O–H groups in total. The fraction of sp³-hybridized carbons (Fsp3) is 0.500. The smallest absolute Gasteiger partial charge is 0.349 e. The highest BCUT2D eigenvalue weighted by atomic mass is 32.1. The Hall–Kier alpha value is -2.19. The minimum atomic E-state index is -0.542. The van der Waals surface area contributed by atoms with Crippen LogP contribution in [0.4, 0.5) is 5.13 Å². The molecule has 0 saturated carbocycles. The number of ether oxygens (including phenoxy) is 1. The van der Waals surface area contributed by atoms with Crippen LogP contribution in [0.5, 0.6) is 0 Å². The van der Waals surface area contributed by atoms with Crippen LogP contribution in [0.15, 0.2) is 26.9 Å². The summed E-state index contributed by atoms with van der Waals surface area (Å²) in [6, 6.07) is 1.82. The fourth-order valence-electron chi connectivity index (χ4n) is 3.48. The van der Waals surface area contributed by atoms with Crippen LogP contribution >= 0.6 is 11.3 Å². The summed E-state index contributed by atoms with van der Waals surface area (Å²) in [5.41, 5.74) is 0.283. The van der Waals surface area contributed by atoms with Crippen LogP contribution in [-0.2, 0) is 4.74 Å². The van der Waals surface area contributed by atoms with Crippen molar-refractivity contribution in [3.63, 3.8) is 0 Å². The number of aryl methyl sites for hydroxylation is 1. The number of carbonyl (C=O) groups is 1. The lowest BCUT2D eigenvalue weighted by molar-refractivity contribution is 0.0740. The number of hydrogen-bond donors (Lipinski definition) is 0. The number of aromatic nitrogens is 1. The average Bonchev–Trinajstić information content (AvgIpc) is 3.35. The molecule has 0 aliphatic carbocycles. The number of rotatable bonds is 3. The summed E-state index contributed by atoms with van der Waals surface area (Å²) in [6.07, 6.45) is 2.62. The van der Waals surface area contributed by atoms with E-state index in [4.69, 9.17) is 9.15 Å². The Kier molecular flexibility index (Phi) is 4.78. The van der Waals surface area contributed by atoms with Gasteiger partial charge in [0.15, 0.2) is 5.13 Å². The Morgan fingerprint density at radius 3 is 2.73 bits per heavy atom. The normalized spacial score (nSPS) is 20.6. The average molecular weight is 375 g/mol. The maximum atomic E-state index is 12.9. The molecule has 7 nitrogen and oxygen atoms in total. The van der Waals surface area contributed by atoms with E-state index in [0.29, 0.717) is 50.7 Å². The first-order valence-electron chi connectivity index (χ1n) is 8.79. The van der Waals surface area contributed by atoms with Crippen molar-refractivity contribution in [2.24, 2.45) is 0 Å². The second-order valence-corrected chi connectivity index (χ2v) is 7.52. The van der Waals surface area contributed by atoms with Gasteiger partial charge < -0.3 is 19.0 Å². The second-order valence-electron chi connectivity index (χ2n) is 6.65. The van der Waals surface area contributed by atoms with E-state index < -0.39 is 5.63 Å². The molecule has 0 spiro atoms. The van der Waals surface area contributed by atoms with Crippen LogP contribution in [0, 0.1) is 6.92 Å². The maximum absolute atomic E-state index is 12.9. The molecule has 1 amide bonds. The van der Waals surface area contributed by atoms with E-state index in [0.717, 1.165) is 11.6 Å². The van der Waals surface area contributed by atoms with E-state index in [1.165, 1.54) is 0 Å². The number of thiazole rings is 1. The lowest BCUT2D eigenvalue weighted by atomic mass is 10.0. The number of carbonyl (C=O) groups excluding carboxylic acids is 1. The minimum absolute atomic E-state index is 0.104. The third kappa shape index (κ3) is 3.26. The summed E-state index contributed by atoms with van der Waals surface area (Å²) in [7, 11) is 0. The lowest BCUT2D eigenvalue weighted by Gasteiger charge is -2.34. The van der Waals surface area contributed by atoms with Crippen molar-refractivity contribution in [1.29, 1.82) is 0 Å². The molecular formula is C18H21N3O4S. The van der Waals surface area contributed by atoms with Gasteiger partial charge in [0, 0.05) is 50.3 Å². The Labute approximate surface area is 155 Å².